The number of hydrogen-bond acceptors (Lipinski definition) is 5. The number of rotatable bonds is 2. The minimum atomic E-state index is -0.764. The molecule has 4 atom stereocenters. The number of halogens is 1. The van der Waals surface area contributed by atoms with Gasteiger partial charge in [0.1, 0.15) is 18.5 Å². The summed E-state index contributed by atoms with van der Waals surface area (Å²) in [6, 6.07) is -0.367. The molecule has 2 rings (SSSR count). The summed E-state index contributed by atoms with van der Waals surface area (Å²) in [5.41, 5.74) is 5.65. The number of nitrogens with two attached hydrogens (primary N) is 1. The lowest BCUT2D eigenvalue weighted by Gasteiger charge is -2.31. The van der Waals surface area contributed by atoms with Crippen molar-refractivity contribution in [3.05, 3.63) is 9.78 Å². The molecule has 2 heterocycles. The van der Waals surface area contributed by atoms with Gasteiger partial charge in [0.25, 0.3) is 0 Å². The first-order chi connectivity index (χ1) is 8.02. The number of aliphatic hydroxyl groups is 2. The number of ether oxygens (including phenoxy) is 1. The molecule has 8 heteroatoms. The molecule has 2 aliphatic heterocycles. The van der Waals surface area contributed by atoms with Crippen LogP contribution in [0.25, 0.3) is 0 Å². The molecule has 2 amide bonds. The zero-order valence-electron chi connectivity index (χ0n) is 8.91. The summed E-state index contributed by atoms with van der Waals surface area (Å²) >= 11 is 2.03. The van der Waals surface area contributed by atoms with Gasteiger partial charge in [0.05, 0.1) is 12.7 Å². The third-order valence-corrected chi connectivity index (χ3v) is 3.72. The highest BCUT2D eigenvalue weighted by atomic mass is 127. The molecule has 1 fully saturated rings. The van der Waals surface area contributed by atoms with Gasteiger partial charge >= 0.3 is 6.03 Å². The van der Waals surface area contributed by atoms with E-state index < -0.39 is 24.6 Å². The van der Waals surface area contributed by atoms with E-state index >= 15 is 0 Å². The Hall–Kier alpha value is -0.420. The highest BCUT2D eigenvalue weighted by molar-refractivity contribution is 14.1. The van der Waals surface area contributed by atoms with Gasteiger partial charge in [-0.2, -0.15) is 0 Å². The second-order valence-electron chi connectivity index (χ2n) is 3.96. The summed E-state index contributed by atoms with van der Waals surface area (Å²) in [5.74, 6) is 0. The Bertz CT molecular complexity index is 351. The normalized spacial score (nSPS) is 38.0. The molecular formula is C9H14IN3O4. The van der Waals surface area contributed by atoms with Crippen molar-refractivity contribution in [2.45, 2.75) is 31.0 Å². The summed E-state index contributed by atoms with van der Waals surface area (Å²) in [4.78, 5) is 13.1. The van der Waals surface area contributed by atoms with E-state index in [2.05, 4.69) is 5.32 Å². The molecule has 0 aromatic heterocycles. The topological polar surface area (TPSA) is 108 Å². The maximum absolute atomic E-state index is 11.7. The van der Waals surface area contributed by atoms with Crippen LogP contribution in [0.3, 0.4) is 0 Å². The second kappa shape index (κ2) is 5.06. The predicted octanol–water partition coefficient (Wildman–Crippen LogP) is -0.959. The quantitative estimate of drug-likeness (QED) is 0.478. The van der Waals surface area contributed by atoms with Crippen molar-refractivity contribution in [3.63, 3.8) is 0 Å². The van der Waals surface area contributed by atoms with Crippen LogP contribution in [0.4, 0.5) is 4.79 Å². The monoisotopic (exact) mass is 355 g/mol. The van der Waals surface area contributed by atoms with Gasteiger partial charge in [-0.05, 0) is 22.6 Å². The number of hydrogen-bond donors (Lipinski definition) is 4. The molecule has 0 bridgehead atoms. The Balaban J connectivity index is 2.11. The third-order valence-electron chi connectivity index (χ3n) is 2.77. The fraction of sp³-hybridized carbons (Fsp3) is 0.667. The van der Waals surface area contributed by atoms with E-state index in [0.717, 1.165) is 3.58 Å². The van der Waals surface area contributed by atoms with E-state index in [4.69, 9.17) is 15.6 Å². The molecule has 7 nitrogen and oxygen atoms in total. The molecule has 2 aliphatic rings. The first kappa shape index (κ1) is 13.0. The average Bonchev–Trinajstić information content (AvgIpc) is 2.65. The molecule has 0 aromatic carbocycles. The lowest BCUT2D eigenvalue weighted by Crippen LogP contribution is -2.54. The molecule has 5 N–H and O–H groups in total. The third kappa shape index (κ3) is 2.55. The van der Waals surface area contributed by atoms with E-state index in [1.165, 1.54) is 4.90 Å². The van der Waals surface area contributed by atoms with Gasteiger partial charge in [-0.15, -0.1) is 0 Å². The molecule has 0 saturated carbocycles. The molecule has 0 radical (unpaired) electrons. The predicted molar refractivity (Wildman–Crippen MR) is 66.8 cm³/mol. The summed E-state index contributed by atoms with van der Waals surface area (Å²) in [6.07, 6.45) is -0.608. The molecule has 1 saturated heterocycles. The number of amides is 2. The van der Waals surface area contributed by atoms with Crippen molar-refractivity contribution >= 4 is 28.6 Å². The smallest absolute Gasteiger partial charge is 0.325 e. The molecule has 17 heavy (non-hydrogen) atoms. The van der Waals surface area contributed by atoms with Gasteiger partial charge in [-0.25, -0.2) is 4.79 Å². The number of carbonyl (C=O) groups is 1. The van der Waals surface area contributed by atoms with E-state index in [-0.39, 0.29) is 19.1 Å². The van der Waals surface area contributed by atoms with Crippen molar-refractivity contribution < 1.29 is 19.7 Å². The summed E-state index contributed by atoms with van der Waals surface area (Å²) in [7, 11) is 0. The maximum atomic E-state index is 11.7. The fourth-order valence-corrected chi connectivity index (χ4v) is 2.27. The van der Waals surface area contributed by atoms with Crippen molar-refractivity contribution in [1.82, 2.24) is 10.2 Å². The molecule has 1 unspecified atom stereocenters. The van der Waals surface area contributed by atoms with Gasteiger partial charge in [0, 0.05) is 16.2 Å². The molecule has 0 aromatic rings. The Labute approximate surface area is 112 Å². The van der Waals surface area contributed by atoms with E-state index in [0.29, 0.717) is 0 Å². The minimum absolute atomic E-state index is 0.270. The van der Waals surface area contributed by atoms with Crippen LogP contribution >= 0.6 is 22.6 Å². The summed E-state index contributed by atoms with van der Waals surface area (Å²) in [6.45, 7) is -0.270. The molecule has 0 spiro atoms. The van der Waals surface area contributed by atoms with Crippen LogP contribution in [-0.4, -0.2) is 52.4 Å². The van der Waals surface area contributed by atoms with Crippen molar-refractivity contribution in [2.75, 3.05) is 6.61 Å². The van der Waals surface area contributed by atoms with Crippen LogP contribution < -0.4 is 11.1 Å². The number of nitrogens with zero attached hydrogens (tertiary/aromatic N) is 1. The van der Waals surface area contributed by atoms with E-state index in [1.807, 2.05) is 22.6 Å². The highest BCUT2D eigenvalue weighted by Gasteiger charge is 2.39. The van der Waals surface area contributed by atoms with Crippen LogP contribution in [0.1, 0.15) is 6.42 Å². The SMILES string of the molecule is NC1NC(=O)N([C@H]2C[C@H](O)[C@@H](CO)O2)C=C1I. The van der Waals surface area contributed by atoms with E-state index in [9.17, 15) is 9.90 Å². The van der Waals surface area contributed by atoms with E-state index in [1.54, 1.807) is 6.20 Å². The summed E-state index contributed by atoms with van der Waals surface area (Å²) < 4.78 is 6.16. The highest BCUT2D eigenvalue weighted by Crippen LogP contribution is 2.26. The summed E-state index contributed by atoms with van der Waals surface area (Å²) in [5, 5.41) is 21.1. The van der Waals surface area contributed by atoms with Crippen LogP contribution in [0.15, 0.2) is 9.78 Å². The van der Waals surface area contributed by atoms with Crippen molar-refractivity contribution in [1.29, 1.82) is 0 Å². The standard InChI is InChI=1S/C9H14IN3O4/c10-4-2-13(9(16)12-8(4)11)7-1-5(15)6(3-14)17-7/h2,5-8,14-15H,1,3,11H2,(H,12,16)/t5-,6+,7+,8?/m0/s1. The Kier molecular flexibility index (Phi) is 3.88. The van der Waals surface area contributed by atoms with Gasteiger partial charge < -0.3 is 26.0 Å². The zero-order valence-corrected chi connectivity index (χ0v) is 11.1. The van der Waals surface area contributed by atoms with Gasteiger partial charge in [-0.3, -0.25) is 4.90 Å². The zero-order chi connectivity index (χ0) is 12.6. The van der Waals surface area contributed by atoms with Crippen molar-refractivity contribution in [3.8, 4) is 0 Å². The number of nitrogens with one attached hydrogen (secondary N) is 1. The Morgan fingerprint density at radius 1 is 1.71 bits per heavy atom. The second-order valence-corrected chi connectivity index (χ2v) is 5.21. The first-order valence-corrected chi connectivity index (χ1v) is 6.27. The largest absolute Gasteiger partial charge is 0.394 e. The lowest BCUT2D eigenvalue weighted by atomic mass is 10.2. The average molecular weight is 355 g/mol. The van der Waals surface area contributed by atoms with Gasteiger partial charge in [0.15, 0.2) is 0 Å². The minimum Gasteiger partial charge on any atom is -0.394 e. The fourth-order valence-electron chi connectivity index (χ4n) is 1.81. The van der Waals surface area contributed by atoms with Gasteiger partial charge in [0.2, 0.25) is 0 Å². The molecule has 96 valence electrons. The number of urea groups is 1. The number of carbonyl (C=O) groups excluding carboxylic acids is 1. The maximum Gasteiger partial charge on any atom is 0.325 e. The lowest BCUT2D eigenvalue weighted by molar-refractivity contribution is -0.0542. The van der Waals surface area contributed by atoms with Crippen LogP contribution in [0.2, 0.25) is 0 Å². The Morgan fingerprint density at radius 2 is 2.41 bits per heavy atom. The van der Waals surface area contributed by atoms with Crippen molar-refractivity contribution in [2.24, 2.45) is 5.73 Å². The molecule has 0 aliphatic carbocycles. The van der Waals surface area contributed by atoms with Crippen LogP contribution in [0.5, 0.6) is 0 Å². The number of aliphatic hydroxyl groups excluding tert-OH is 2. The van der Waals surface area contributed by atoms with Crippen LogP contribution in [-0.2, 0) is 4.74 Å². The first-order valence-electron chi connectivity index (χ1n) is 5.19. The molecular weight excluding hydrogens is 341 g/mol. The Morgan fingerprint density at radius 3 is 3.00 bits per heavy atom. The van der Waals surface area contributed by atoms with Gasteiger partial charge in [-0.1, -0.05) is 0 Å². The van der Waals surface area contributed by atoms with Crippen LogP contribution in [0, 0.1) is 0 Å².